The Morgan fingerprint density at radius 2 is 2.00 bits per heavy atom. The Balaban J connectivity index is 1.86. The van der Waals surface area contributed by atoms with Crippen molar-refractivity contribution in [1.29, 1.82) is 0 Å². The molecule has 2 aromatic rings. The van der Waals surface area contributed by atoms with E-state index in [0.717, 1.165) is 18.7 Å². The van der Waals surface area contributed by atoms with Crippen LogP contribution in [0.25, 0.3) is 0 Å². The largest absolute Gasteiger partial charge is 0.478 e. The molecule has 0 spiro atoms. The lowest BCUT2D eigenvalue weighted by atomic mass is 9.96. The average Bonchev–Trinajstić information content (AvgIpc) is 2.97. The number of nitrogens with zero attached hydrogens (tertiary/aromatic N) is 1. The van der Waals surface area contributed by atoms with Gasteiger partial charge in [-0.3, -0.25) is 0 Å². The number of anilines is 1. The van der Waals surface area contributed by atoms with Crippen LogP contribution in [0.2, 0.25) is 5.02 Å². The predicted octanol–water partition coefficient (Wildman–Crippen LogP) is 4.17. The van der Waals surface area contributed by atoms with Crippen molar-refractivity contribution in [2.24, 2.45) is 0 Å². The van der Waals surface area contributed by atoms with Gasteiger partial charge in [-0.15, -0.1) is 0 Å². The Kier molecular flexibility index (Phi) is 4.03. The van der Waals surface area contributed by atoms with Crippen molar-refractivity contribution < 1.29 is 14.3 Å². The van der Waals surface area contributed by atoms with Gasteiger partial charge in [0, 0.05) is 19.0 Å². The minimum Gasteiger partial charge on any atom is -0.478 e. The lowest BCUT2D eigenvalue weighted by Crippen LogP contribution is -2.19. The molecule has 0 aliphatic carbocycles. The van der Waals surface area contributed by atoms with Gasteiger partial charge in [-0.1, -0.05) is 35.9 Å². The fourth-order valence-corrected chi connectivity index (χ4v) is 3.23. The number of rotatable bonds is 3. The van der Waals surface area contributed by atoms with Crippen molar-refractivity contribution in [3.63, 3.8) is 0 Å². The van der Waals surface area contributed by atoms with Gasteiger partial charge in [0.15, 0.2) is 0 Å². The van der Waals surface area contributed by atoms with E-state index in [0.29, 0.717) is 17.1 Å². The molecule has 114 valence electrons. The van der Waals surface area contributed by atoms with Gasteiger partial charge < -0.3 is 10.0 Å². The summed E-state index contributed by atoms with van der Waals surface area (Å²) in [4.78, 5) is 13.2. The van der Waals surface area contributed by atoms with Crippen LogP contribution in [0.5, 0.6) is 0 Å². The smallest absolute Gasteiger partial charge is 0.338 e. The fourth-order valence-electron chi connectivity index (χ4n) is 2.97. The van der Waals surface area contributed by atoms with Gasteiger partial charge in [0.1, 0.15) is 5.82 Å². The maximum absolute atomic E-state index is 14.4. The summed E-state index contributed by atoms with van der Waals surface area (Å²) in [5.41, 5.74) is 1.13. The highest BCUT2D eigenvalue weighted by Crippen LogP contribution is 2.35. The molecular formula is C17H15ClFNO2. The van der Waals surface area contributed by atoms with Crippen molar-refractivity contribution in [2.45, 2.75) is 12.3 Å². The van der Waals surface area contributed by atoms with E-state index in [1.54, 1.807) is 12.1 Å². The summed E-state index contributed by atoms with van der Waals surface area (Å²) in [6.45, 7) is 1.40. The first-order valence-corrected chi connectivity index (χ1v) is 7.47. The summed E-state index contributed by atoms with van der Waals surface area (Å²) in [6.07, 6.45) is 0.769. The van der Waals surface area contributed by atoms with Gasteiger partial charge in [-0.25, -0.2) is 9.18 Å². The second-order valence-electron chi connectivity index (χ2n) is 5.40. The van der Waals surface area contributed by atoms with Crippen LogP contribution in [0.3, 0.4) is 0 Å². The first-order chi connectivity index (χ1) is 10.6. The zero-order valence-corrected chi connectivity index (χ0v) is 12.6. The molecular weight excluding hydrogens is 305 g/mol. The molecule has 1 N–H and O–H groups in total. The molecule has 0 saturated carbocycles. The number of halogens is 2. The molecule has 1 atom stereocenters. The third-order valence-corrected chi connectivity index (χ3v) is 4.40. The predicted molar refractivity (Wildman–Crippen MR) is 84.4 cm³/mol. The van der Waals surface area contributed by atoms with Gasteiger partial charge in [0.2, 0.25) is 0 Å². The maximum Gasteiger partial charge on any atom is 0.338 e. The third kappa shape index (κ3) is 2.66. The fraction of sp³-hybridized carbons (Fsp3) is 0.235. The molecule has 0 aromatic heterocycles. The van der Waals surface area contributed by atoms with E-state index in [1.807, 2.05) is 24.3 Å². The molecule has 0 bridgehead atoms. The van der Waals surface area contributed by atoms with Crippen molar-refractivity contribution in [2.75, 3.05) is 18.0 Å². The SMILES string of the molecule is O=C(O)c1cccc(C2CCN(c3ccccc3Cl)C2)c1F. The summed E-state index contributed by atoms with van der Waals surface area (Å²) in [7, 11) is 0. The van der Waals surface area contributed by atoms with E-state index in [1.165, 1.54) is 6.07 Å². The van der Waals surface area contributed by atoms with Gasteiger partial charge in [0.25, 0.3) is 0 Å². The van der Waals surface area contributed by atoms with E-state index in [2.05, 4.69) is 4.90 Å². The van der Waals surface area contributed by atoms with Crippen molar-refractivity contribution >= 4 is 23.3 Å². The Morgan fingerprint density at radius 3 is 2.73 bits per heavy atom. The lowest BCUT2D eigenvalue weighted by Gasteiger charge is -2.20. The highest BCUT2D eigenvalue weighted by molar-refractivity contribution is 6.33. The Morgan fingerprint density at radius 1 is 1.23 bits per heavy atom. The van der Waals surface area contributed by atoms with Crippen LogP contribution >= 0.6 is 11.6 Å². The maximum atomic E-state index is 14.4. The molecule has 3 nitrogen and oxygen atoms in total. The van der Waals surface area contributed by atoms with E-state index in [4.69, 9.17) is 16.7 Å². The third-order valence-electron chi connectivity index (χ3n) is 4.08. The van der Waals surface area contributed by atoms with Crippen molar-refractivity contribution in [3.05, 3.63) is 64.4 Å². The minimum atomic E-state index is -1.24. The second-order valence-corrected chi connectivity index (χ2v) is 5.80. The lowest BCUT2D eigenvalue weighted by molar-refractivity contribution is 0.0691. The van der Waals surface area contributed by atoms with Gasteiger partial charge in [-0.05, 0) is 30.2 Å². The topological polar surface area (TPSA) is 40.5 Å². The number of aromatic carboxylic acids is 1. The van der Waals surface area contributed by atoms with Gasteiger partial charge in [0.05, 0.1) is 16.3 Å². The number of hydrogen-bond donors (Lipinski definition) is 1. The number of carbonyl (C=O) groups is 1. The van der Waals surface area contributed by atoms with Gasteiger partial charge in [-0.2, -0.15) is 0 Å². The summed E-state index contributed by atoms with van der Waals surface area (Å²) < 4.78 is 14.4. The van der Waals surface area contributed by atoms with Crippen LogP contribution < -0.4 is 4.90 Å². The minimum absolute atomic E-state index is 0.0319. The number of hydrogen-bond acceptors (Lipinski definition) is 2. The molecule has 1 aliphatic rings. The standard InChI is InChI=1S/C17H15ClFNO2/c18-14-6-1-2-7-15(14)20-9-8-11(10-20)12-4-3-5-13(16(12)19)17(21)22/h1-7,11H,8-10H2,(H,21,22). The molecule has 5 heteroatoms. The first-order valence-electron chi connectivity index (χ1n) is 7.09. The van der Waals surface area contributed by atoms with Crippen LogP contribution in [0, 0.1) is 5.82 Å². The summed E-state index contributed by atoms with van der Waals surface area (Å²) in [5, 5.41) is 9.70. The molecule has 2 aromatic carbocycles. The van der Waals surface area contributed by atoms with E-state index in [-0.39, 0.29) is 11.5 Å². The molecule has 3 rings (SSSR count). The molecule has 1 aliphatic heterocycles. The number of benzene rings is 2. The molecule has 1 unspecified atom stereocenters. The summed E-state index contributed by atoms with van der Waals surface area (Å²) in [5.74, 6) is -1.89. The van der Waals surface area contributed by atoms with E-state index < -0.39 is 11.8 Å². The summed E-state index contributed by atoms with van der Waals surface area (Å²) >= 11 is 6.20. The van der Waals surface area contributed by atoms with Crippen LogP contribution in [-0.4, -0.2) is 24.2 Å². The number of carboxylic acid groups (broad SMARTS) is 1. The first kappa shape index (κ1) is 14.9. The van der Waals surface area contributed by atoms with Crippen LogP contribution in [-0.2, 0) is 0 Å². The Labute approximate surface area is 132 Å². The second kappa shape index (κ2) is 5.97. The van der Waals surface area contributed by atoms with Crippen LogP contribution in [0.15, 0.2) is 42.5 Å². The zero-order valence-electron chi connectivity index (χ0n) is 11.8. The Hall–Kier alpha value is -2.07. The highest BCUT2D eigenvalue weighted by Gasteiger charge is 2.28. The zero-order chi connectivity index (χ0) is 15.7. The van der Waals surface area contributed by atoms with Crippen LogP contribution in [0.4, 0.5) is 10.1 Å². The van der Waals surface area contributed by atoms with Crippen LogP contribution in [0.1, 0.15) is 28.3 Å². The van der Waals surface area contributed by atoms with E-state index >= 15 is 0 Å². The van der Waals surface area contributed by atoms with Crippen molar-refractivity contribution in [3.8, 4) is 0 Å². The Bertz CT molecular complexity index is 720. The highest BCUT2D eigenvalue weighted by atomic mass is 35.5. The average molecular weight is 320 g/mol. The molecule has 1 heterocycles. The van der Waals surface area contributed by atoms with Crippen molar-refractivity contribution in [1.82, 2.24) is 0 Å². The molecule has 22 heavy (non-hydrogen) atoms. The summed E-state index contributed by atoms with van der Waals surface area (Å²) in [6, 6.07) is 12.1. The number of para-hydroxylation sites is 1. The normalized spacial score (nSPS) is 17.7. The number of carboxylic acids is 1. The quantitative estimate of drug-likeness (QED) is 0.923. The van der Waals surface area contributed by atoms with E-state index in [9.17, 15) is 9.18 Å². The molecule has 0 radical (unpaired) electrons. The monoisotopic (exact) mass is 319 g/mol. The molecule has 0 amide bonds. The molecule has 1 saturated heterocycles. The molecule has 1 fully saturated rings. The van der Waals surface area contributed by atoms with Gasteiger partial charge >= 0.3 is 5.97 Å².